The molecule has 1 spiro atoms. The minimum atomic E-state index is -4.59. The van der Waals surface area contributed by atoms with Crippen LogP contribution >= 0.6 is 0 Å². The molecule has 0 aromatic carbocycles. The summed E-state index contributed by atoms with van der Waals surface area (Å²) in [5, 5.41) is 3.65. The molecule has 0 saturated heterocycles. The quantitative estimate of drug-likeness (QED) is 0.890. The molecule has 0 aliphatic heterocycles. The SMILES string of the molecule is Nc1c(C=C2CCC3(CC2)CC3)c(C(F)(F)F)nn1-c1ncccn1. The summed E-state index contributed by atoms with van der Waals surface area (Å²) in [5.74, 6) is -0.0616. The lowest BCUT2D eigenvalue weighted by molar-refractivity contribution is -0.141. The van der Waals surface area contributed by atoms with Crippen LogP contribution in [0.25, 0.3) is 12.0 Å². The highest BCUT2D eigenvalue weighted by Gasteiger charge is 2.44. The van der Waals surface area contributed by atoms with E-state index >= 15 is 0 Å². The van der Waals surface area contributed by atoms with Crippen LogP contribution in [0.5, 0.6) is 0 Å². The number of allylic oxidation sites excluding steroid dienone is 1. The molecule has 2 fully saturated rings. The molecule has 2 aromatic heterocycles. The number of hydrogen-bond donors (Lipinski definition) is 1. The van der Waals surface area contributed by atoms with E-state index in [0.717, 1.165) is 35.9 Å². The molecule has 2 aliphatic carbocycles. The normalized spacial score (nSPS) is 19.2. The number of halogens is 3. The number of anilines is 1. The maximum Gasteiger partial charge on any atom is 0.435 e. The van der Waals surface area contributed by atoms with Crippen LogP contribution in [0.3, 0.4) is 0 Å². The third-order valence-corrected chi connectivity index (χ3v) is 5.23. The van der Waals surface area contributed by atoms with Gasteiger partial charge >= 0.3 is 6.18 Å². The first kappa shape index (κ1) is 16.1. The number of alkyl halides is 3. The van der Waals surface area contributed by atoms with Crippen LogP contribution in [-0.4, -0.2) is 19.7 Å². The second kappa shape index (κ2) is 5.57. The van der Waals surface area contributed by atoms with Gasteiger partial charge in [0.2, 0.25) is 0 Å². The highest BCUT2D eigenvalue weighted by molar-refractivity contribution is 5.67. The fraction of sp³-hybridized carbons (Fsp3) is 0.471. The van der Waals surface area contributed by atoms with Crippen molar-refractivity contribution >= 4 is 11.9 Å². The largest absolute Gasteiger partial charge is 0.435 e. The molecule has 8 heteroatoms. The number of nitrogens with zero attached hydrogens (tertiary/aromatic N) is 4. The standard InChI is InChI=1S/C17H18F3N5/c18-17(19,20)13-12(10-11-2-4-16(5-3-11)6-7-16)14(21)25(24-13)15-22-8-1-9-23-15/h1,8-10H,2-7,21H2. The second-order valence-corrected chi connectivity index (χ2v) is 6.91. The summed E-state index contributed by atoms with van der Waals surface area (Å²) in [6.45, 7) is 0. The number of rotatable bonds is 2. The Bertz CT molecular complexity index is 807. The first-order valence-electron chi connectivity index (χ1n) is 8.31. The predicted molar refractivity (Wildman–Crippen MR) is 86.7 cm³/mol. The van der Waals surface area contributed by atoms with Gasteiger partial charge < -0.3 is 5.73 Å². The Balaban J connectivity index is 1.74. The van der Waals surface area contributed by atoms with E-state index in [4.69, 9.17) is 5.73 Å². The lowest BCUT2D eigenvalue weighted by Crippen LogP contribution is -2.10. The Morgan fingerprint density at radius 2 is 1.72 bits per heavy atom. The third kappa shape index (κ3) is 3.01. The van der Waals surface area contributed by atoms with Crippen molar-refractivity contribution in [3.05, 3.63) is 35.3 Å². The van der Waals surface area contributed by atoms with E-state index in [1.54, 1.807) is 12.1 Å². The molecule has 2 heterocycles. The summed E-state index contributed by atoms with van der Waals surface area (Å²) in [4.78, 5) is 7.88. The molecule has 0 amide bonds. The van der Waals surface area contributed by atoms with Crippen LogP contribution in [0.2, 0.25) is 0 Å². The van der Waals surface area contributed by atoms with Crippen molar-refractivity contribution in [2.45, 2.75) is 44.7 Å². The van der Waals surface area contributed by atoms with E-state index in [1.807, 2.05) is 0 Å². The smallest absolute Gasteiger partial charge is 0.383 e. The lowest BCUT2D eigenvalue weighted by Gasteiger charge is -2.23. The molecule has 4 rings (SSSR count). The summed E-state index contributed by atoms with van der Waals surface area (Å²) in [6.07, 6.45) is 6.10. The van der Waals surface area contributed by atoms with E-state index in [1.165, 1.54) is 25.2 Å². The zero-order valence-corrected chi connectivity index (χ0v) is 13.6. The molecule has 2 N–H and O–H groups in total. The van der Waals surface area contributed by atoms with E-state index in [2.05, 4.69) is 15.1 Å². The van der Waals surface area contributed by atoms with Gasteiger partial charge in [0.15, 0.2) is 5.69 Å². The summed E-state index contributed by atoms with van der Waals surface area (Å²) >= 11 is 0. The molecule has 0 bridgehead atoms. The van der Waals surface area contributed by atoms with Gasteiger partial charge in [0.25, 0.3) is 5.95 Å². The Labute approximate surface area is 142 Å². The van der Waals surface area contributed by atoms with Gasteiger partial charge in [-0.15, -0.1) is 0 Å². The van der Waals surface area contributed by atoms with Gasteiger partial charge in [-0.2, -0.15) is 23.0 Å². The van der Waals surface area contributed by atoms with Gasteiger partial charge in [-0.1, -0.05) is 5.57 Å². The maximum absolute atomic E-state index is 13.4. The number of nitrogens with two attached hydrogens (primary N) is 1. The zero-order chi connectivity index (χ0) is 17.7. The Morgan fingerprint density at radius 3 is 2.28 bits per heavy atom. The monoisotopic (exact) mass is 349 g/mol. The van der Waals surface area contributed by atoms with Crippen molar-refractivity contribution in [1.82, 2.24) is 19.7 Å². The van der Waals surface area contributed by atoms with Gasteiger partial charge in [0.05, 0.1) is 0 Å². The van der Waals surface area contributed by atoms with Gasteiger partial charge in [-0.25, -0.2) is 9.97 Å². The van der Waals surface area contributed by atoms with Crippen molar-refractivity contribution in [3.8, 4) is 5.95 Å². The van der Waals surface area contributed by atoms with E-state index in [-0.39, 0.29) is 17.3 Å². The van der Waals surface area contributed by atoms with E-state index in [9.17, 15) is 13.2 Å². The topological polar surface area (TPSA) is 69.6 Å². The Hall–Kier alpha value is -2.38. The van der Waals surface area contributed by atoms with Crippen molar-refractivity contribution in [2.24, 2.45) is 5.41 Å². The fourth-order valence-electron chi connectivity index (χ4n) is 3.47. The van der Waals surface area contributed by atoms with E-state index < -0.39 is 11.9 Å². The third-order valence-electron chi connectivity index (χ3n) is 5.23. The van der Waals surface area contributed by atoms with Crippen LogP contribution in [0.15, 0.2) is 24.0 Å². The molecule has 0 unspecified atom stereocenters. The van der Waals surface area contributed by atoms with Crippen LogP contribution in [-0.2, 0) is 6.18 Å². The van der Waals surface area contributed by atoms with Crippen LogP contribution < -0.4 is 5.73 Å². The summed E-state index contributed by atoms with van der Waals surface area (Å²) in [6, 6.07) is 1.58. The molecular weight excluding hydrogens is 331 g/mol. The summed E-state index contributed by atoms with van der Waals surface area (Å²) in [7, 11) is 0. The van der Waals surface area contributed by atoms with Crippen molar-refractivity contribution in [3.63, 3.8) is 0 Å². The van der Waals surface area contributed by atoms with Gasteiger partial charge in [0, 0.05) is 18.0 Å². The molecule has 0 radical (unpaired) electrons. The van der Waals surface area contributed by atoms with Crippen LogP contribution in [0.1, 0.15) is 49.8 Å². The first-order valence-corrected chi connectivity index (χ1v) is 8.31. The van der Waals surface area contributed by atoms with E-state index in [0.29, 0.717) is 5.41 Å². The minimum absolute atomic E-state index is 0.0238. The van der Waals surface area contributed by atoms with Gasteiger partial charge in [-0.3, -0.25) is 0 Å². The number of nitrogen functional groups attached to an aromatic ring is 1. The lowest BCUT2D eigenvalue weighted by atomic mass is 9.82. The van der Waals surface area contributed by atoms with Gasteiger partial charge in [0.1, 0.15) is 5.82 Å². The molecule has 132 valence electrons. The second-order valence-electron chi connectivity index (χ2n) is 6.91. The van der Waals surface area contributed by atoms with Crippen molar-refractivity contribution in [1.29, 1.82) is 0 Å². The molecule has 2 aliphatic rings. The molecule has 0 atom stereocenters. The molecule has 25 heavy (non-hydrogen) atoms. The average molecular weight is 349 g/mol. The number of hydrogen-bond acceptors (Lipinski definition) is 4. The Kier molecular flexibility index (Phi) is 3.59. The highest BCUT2D eigenvalue weighted by atomic mass is 19.4. The predicted octanol–water partition coefficient (Wildman–Crippen LogP) is 4.00. The zero-order valence-electron chi connectivity index (χ0n) is 13.6. The van der Waals surface area contributed by atoms with Crippen LogP contribution in [0, 0.1) is 5.41 Å². The summed E-state index contributed by atoms with van der Waals surface area (Å²) < 4.78 is 41.3. The maximum atomic E-state index is 13.4. The van der Waals surface area contributed by atoms with Crippen LogP contribution in [0.4, 0.5) is 19.0 Å². The van der Waals surface area contributed by atoms with Gasteiger partial charge in [-0.05, 0) is 56.1 Å². The molecule has 2 aromatic rings. The minimum Gasteiger partial charge on any atom is -0.383 e. The molecular formula is C17H18F3N5. The molecule has 5 nitrogen and oxygen atoms in total. The molecule has 2 saturated carbocycles. The van der Waals surface area contributed by atoms with Crippen molar-refractivity contribution < 1.29 is 13.2 Å². The summed E-state index contributed by atoms with van der Waals surface area (Å²) in [5.41, 5.74) is 6.39. The first-order chi connectivity index (χ1) is 11.9. The number of aromatic nitrogens is 4. The average Bonchev–Trinajstić information content (AvgIpc) is 3.26. The fourth-order valence-corrected chi connectivity index (χ4v) is 3.47. The highest BCUT2D eigenvalue weighted by Crippen LogP contribution is 2.57. The Morgan fingerprint density at radius 1 is 1.08 bits per heavy atom. The van der Waals surface area contributed by atoms with Crippen molar-refractivity contribution in [2.75, 3.05) is 5.73 Å².